The van der Waals surface area contributed by atoms with Crippen LogP contribution in [-0.2, 0) is 0 Å². The van der Waals surface area contributed by atoms with Gasteiger partial charge in [-0.1, -0.05) is 44.1 Å². The predicted octanol–water partition coefficient (Wildman–Crippen LogP) is 6.31. The highest BCUT2D eigenvalue weighted by Gasteiger charge is 2.27. The number of terminal acetylenes is 1. The summed E-state index contributed by atoms with van der Waals surface area (Å²) in [7, 11) is 0. The fourth-order valence-electron chi connectivity index (χ4n) is 4.97. The van der Waals surface area contributed by atoms with Gasteiger partial charge in [0.25, 0.3) is 0 Å². The Morgan fingerprint density at radius 1 is 1.27 bits per heavy atom. The van der Waals surface area contributed by atoms with Gasteiger partial charge in [-0.15, -0.1) is 6.42 Å². The highest BCUT2D eigenvalue weighted by atomic mass is 15.3. The van der Waals surface area contributed by atoms with E-state index >= 15 is 0 Å². The lowest BCUT2D eigenvalue weighted by Crippen LogP contribution is -2.45. The molecule has 0 bridgehead atoms. The molecular formula is C29H38N4. The quantitative estimate of drug-likeness (QED) is 0.378. The number of nitrogens with one attached hydrogen (secondary N) is 1. The van der Waals surface area contributed by atoms with Crippen LogP contribution in [0.1, 0.15) is 47.5 Å². The van der Waals surface area contributed by atoms with Crippen LogP contribution < -0.4 is 10.2 Å². The molecule has 1 aromatic heterocycles. The van der Waals surface area contributed by atoms with Gasteiger partial charge in [0.1, 0.15) is 5.82 Å². The fourth-order valence-corrected chi connectivity index (χ4v) is 4.97. The van der Waals surface area contributed by atoms with E-state index in [9.17, 15) is 0 Å². The van der Waals surface area contributed by atoms with Crippen molar-refractivity contribution in [2.75, 3.05) is 36.4 Å². The van der Waals surface area contributed by atoms with Gasteiger partial charge in [0.2, 0.25) is 0 Å². The van der Waals surface area contributed by atoms with Crippen LogP contribution in [0.5, 0.6) is 0 Å². The number of anilines is 2. The van der Waals surface area contributed by atoms with Crippen molar-refractivity contribution >= 4 is 11.5 Å². The zero-order valence-electron chi connectivity index (χ0n) is 20.9. The van der Waals surface area contributed by atoms with Gasteiger partial charge in [-0.3, -0.25) is 0 Å². The summed E-state index contributed by atoms with van der Waals surface area (Å²) in [5.74, 6) is 3.84. The molecule has 0 aromatic carbocycles. The van der Waals surface area contributed by atoms with Crippen LogP contribution in [0.2, 0.25) is 0 Å². The summed E-state index contributed by atoms with van der Waals surface area (Å²) in [6, 6.07) is 4.30. The van der Waals surface area contributed by atoms with Crippen LogP contribution in [0.4, 0.5) is 11.5 Å². The number of hydrogen-bond acceptors (Lipinski definition) is 4. The van der Waals surface area contributed by atoms with Crippen molar-refractivity contribution in [3.05, 3.63) is 76.8 Å². The maximum atomic E-state index is 5.46. The Labute approximate surface area is 200 Å². The molecule has 0 amide bonds. The van der Waals surface area contributed by atoms with Crippen LogP contribution in [0.3, 0.4) is 0 Å². The summed E-state index contributed by atoms with van der Waals surface area (Å²) in [4.78, 5) is 9.61. The Hall–Kier alpha value is -3.19. The Kier molecular flexibility index (Phi) is 8.22. The van der Waals surface area contributed by atoms with E-state index in [-0.39, 0.29) is 0 Å². The van der Waals surface area contributed by atoms with Crippen molar-refractivity contribution in [3.63, 3.8) is 0 Å². The molecule has 0 saturated carbocycles. The van der Waals surface area contributed by atoms with Gasteiger partial charge in [-0.25, -0.2) is 4.98 Å². The molecule has 2 heterocycles. The zero-order chi connectivity index (χ0) is 24.0. The van der Waals surface area contributed by atoms with E-state index in [0.717, 1.165) is 44.8 Å². The molecule has 1 atom stereocenters. The number of nitrogens with zero attached hydrogens (tertiary/aromatic N) is 3. The molecule has 3 rings (SSSR count). The average molecular weight is 443 g/mol. The van der Waals surface area contributed by atoms with Gasteiger partial charge >= 0.3 is 0 Å². The van der Waals surface area contributed by atoms with E-state index in [4.69, 9.17) is 6.42 Å². The zero-order valence-corrected chi connectivity index (χ0v) is 20.9. The number of allylic oxidation sites excluding steroid dienone is 8. The fraction of sp³-hybridized carbons (Fsp3) is 0.414. The summed E-state index contributed by atoms with van der Waals surface area (Å²) >= 11 is 0. The summed E-state index contributed by atoms with van der Waals surface area (Å²) in [5.41, 5.74) is 8.44. The summed E-state index contributed by atoms with van der Waals surface area (Å²) < 4.78 is 0. The van der Waals surface area contributed by atoms with Crippen LogP contribution in [0.15, 0.2) is 76.8 Å². The third kappa shape index (κ3) is 5.42. The number of aromatic nitrogens is 1. The molecule has 1 aliphatic heterocycles. The van der Waals surface area contributed by atoms with Crippen LogP contribution in [-0.4, -0.2) is 36.1 Å². The van der Waals surface area contributed by atoms with Crippen LogP contribution in [0.25, 0.3) is 0 Å². The van der Waals surface area contributed by atoms with Gasteiger partial charge < -0.3 is 15.1 Å². The topological polar surface area (TPSA) is 31.4 Å². The normalized spacial score (nSPS) is 19.5. The van der Waals surface area contributed by atoms with E-state index in [1.807, 2.05) is 12.3 Å². The van der Waals surface area contributed by atoms with Crippen molar-refractivity contribution < 1.29 is 0 Å². The predicted molar refractivity (Wildman–Crippen MR) is 142 cm³/mol. The van der Waals surface area contributed by atoms with Gasteiger partial charge in [0.05, 0.1) is 0 Å². The molecule has 1 aromatic rings. The van der Waals surface area contributed by atoms with Crippen LogP contribution >= 0.6 is 0 Å². The van der Waals surface area contributed by atoms with Crippen molar-refractivity contribution in [1.29, 1.82) is 0 Å². The van der Waals surface area contributed by atoms with Gasteiger partial charge in [0.15, 0.2) is 0 Å². The molecule has 1 N–H and O–H groups in total. The Bertz CT molecular complexity index is 1040. The molecule has 4 nitrogen and oxygen atoms in total. The van der Waals surface area contributed by atoms with Crippen molar-refractivity contribution in [2.45, 2.75) is 47.5 Å². The second kappa shape index (κ2) is 11.1. The van der Waals surface area contributed by atoms with Crippen molar-refractivity contribution in [2.24, 2.45) is 5.92 Å². The maximum absolute atomic E-state index is 5.46. The lowest BCUT2D eigenvalue weighted by molar-refractivity contribution is 0.313. The van der Waals surface area contributed by atoms with Gasteiger partial charge in [0, 0.05) is 67.0 Å². The second-order valence-electron chi connectivity index (χ2n) is 8.73. The van der Waals surface area contributed by atoms with E-state index in [2.05, 4.69) is 91.5 Å². The molecular weight excluding hydrogens is 404 g/mol. The lowest BCUT2D eigenvalue weighted by Gasteiger charge is -2.38. The molecule has 1 saturated heterocycles. The SMILES string of the molecule is C#CC(=C)/C=C\C1=C(C)C(CC)C(Nc2cc(N3CCN(/C(=C/C)CC)CC3)ccn2)=C1C. The standard InChI is InChI=1S/C29H38N4/c1-8-21(5)12-13-27-22(6)26(11-4)29(23(27)7)31-28-20-25(14-15-30-28)33-18-16-32(17-19-33)24(9-2)10-3/h1,9,12-15,20,26H,5,10-11,16-19H2,2-4,6-7H3,(H,30,31)/b13-12-,24-9+. The van der Waals surface area contributed by atoms with E-state index in [1.54, 1.807) is 0 Å². The Balaban J connectivity index is 1.76. The van der Waals surface area contributed by atoms with E-state index in [1.165, 1.54) is 33.8 Å². The molecule has 0 radical (unpaired) electrons. The second-order valence-corrected chi connectivity index (χ2v) is 8.73. The van der Waals surface area contributed by atoms with Crippen molar-refractivity contribution in [1.82, 2.24) is 9.88 Å². The summed E-state index contributed by atoms with van der Waals surface area (Å²) in [6.45, 7) is 19.0. The number of rotatable bonds is 8. The van der Waals surface area contributed by atoms with E-state index in [0.29, 0.717) is 11.5 Å². The Morgan fingerprint density at radius 2 is 2.00 bits per heavy atom. The monoisotopic (exact) mass is 442 g/mol. The molecule has 0 spiro atoms. The highest BCUT2D eigenvalue weighted by molar-refractivity contribution is 5.62. The Morgan fingerprint density at radius 3 is 2.61 bits per heavy atom. The minimum absolute atomic E-state index is 0.353. The molecule has 1 unspecified atom stereocenters. The smallest absolute Gasteiger partial charge is 0.132 e. The minimum atomic E-state index is 0.353. The third-order valence-electron chi connectivity index (χ3n) is 6.90. The first kappa shape index (κ1) is 24.5. The largest absolute Gasteiger partial charge is 0.372 e. The third-order valence-corrected chi connectivity index (χ3v) is 6.90. The number of piperazine rings is 1. The first-order valence-corrected chi connectivity index (χ1v) is 12.1. The van der Waals surface area contributed by atoms with Crippen LogP contribution in [0, 0.1) is 18.3 Å². The molecule has 174 valence electrons. The van der Waals surface area contributed by atoms with Gasteiger partial charge in [-0.2, -0.15) is 0 Å². The molecule has 1 fully saturated rings. The summed E-state index contributed by atoms with van der Waals surface area (Å²) in [5, 5.41) is 3.66. The molecule has 1 aliphatic carbocycles. The van der Waals surface area contributed by atoms with E-state index < -0.39 is 0 Å². The first-order valence-electron chi connectivity index (χ1n) is 12.1. The minimum Gasteiger partial charge on any atom is -0.372 e. The molecule has 4 heteroatoms. The highest BCUT2D eigenvalue weighted by Crippen LogP contribution is 2.40. The van der Waals surface area contributed by atoms with Gasteiger partial charge in [-0.05, 0) is 56.9 Å². The molecule has 33 heavy (non-hydrogen) atoms. The number of hydrogen-bond donors (Lipinski definition) is 1. The maximum Gasteiger partial charge on any atom is 0.132 e. The number of pyridine rings is 1. The first-order chi connectivity index (χ1) is 15.9. The summed E-state index contributed by atoms with van der Waals surface area (Å²) in [6.07, 6.45) is 15.8. The molecule has 2 aliphatic rings. The van der Waals surface area contributed by atoms with Crippen molar-refractivity contribution in [3.8, 4) is 12.3 Å². The average Bonchev–Trinajstić information content (AvgIpc) is 3.07. The lowest BCUT2D eigenvalue weighted by atomic mass is 9.97.